The number of hydrogen-bond acceptors (Lipinski definition) is 3. The van der Waals surface area contributed by atoms with E-state index in [0.29, 0.717) is 16.3 Å². The monoisotopic (exact) mass is 382 g/mol. The Hall–Kier alpha value is -1.79. The first kappa shape index (κ1) is 18.0. The molecule has 1 atom stereocenters. The highest BCUT2D eigenvalue weighted by atomic mass is 35.5. The molecule has 1 unspecified atom stereocenters. The van der Waals surface area contributed by atoms with Crippen molar-refractivity contribution in [2.45, 2.75) is 11.9 Å². The number of halogens is 3. The second kappa shape index (κ2) is 7.22. The Morgan fingerprint density at radius 3 is 2.60 bits per heavy atom. The van der Waals surface area contributed by atoms with Gasteiger partial charge in [-0.05, 0) is 29.8 Å². The molecule has 2 aromatic rings. The molecular weight excluding hydrogens is 366 g/mol. The highest BCUT2D eigenvalue weighted by Crippen LogP contribution is 2.43. The Kier molecular flexibility index (Phi) is 5.20. The van der Waals surface area contributed by atoms with Gasteiger partial charge < -0.3 is 9.80 Å². The summed E-state index contributed by atoms with van der Waals surface area (Å²) in [5, 5.41) is 0.331. The van der Waals surface area contributed by atoms with Gasteiger partial charge in [0.05, 0.1) is 5.75 Å². The van der Waals surface area contributed by atoms with Crippen LogP contribution < -0.4 is 4.90 Å². The van der Waals surface area contributed by atoms with Crippen molar-refractivity contribution in [2.24, 2.45) is 0 Å². The second-order valence-electron chi connectivity index (χ2n) is 6.03. The van der Waals surface area contributed by atoms with Gasteiger partial charge in [0.15, 0.2) is 11.6 Å². The predicted molar refractivity (Wildman–Crippen MR) is 97.9 cm³/mol. The van der Waals surface area contributed by atoms with Crippen LogP contribution in [-0.4, -0.2) is 30.7 Å². The van der Waals surface area contributed by atoms with E-state index in [1.54, 1.807) is 4.90 Å². The molecule has 7 heteroatoms. The molecule has 0 bridgehead atoms. The first-order valence-corrected chi connectivity index (χ1v) is 9.11. The molecule has 25 heavy (non-hydrogen) atoms. The van der Waals surface area contributed by atoms with Gasteiger partial charge in [-0.3, -0.25) is 4.79 Å². The Balaban J connectivity index is 1.88. The zero-order chi connectivity index (χ0) is 18.1. The van der Waals surface area contributed by atoms with E-state index in [1.165, 1.54) is 17.8 Å². The van der Waals surface area contributed by atoms with Crippen LogP contribution in [0.2, 0.25) is 5.02 Å². The summed E-state index contributed by atoms with van der Waals surface area (Å²) in [5.74, 6) is -1.53. The van der Waals surface area contributed by atoms with Crippen LogP contribution in [-0.2, 0) is 11.3 Å². The Morgan fingerprint density at radius 1 is 1.20 bits per heavy atom. The SMILES string of the molecule is CN(C)c1ccc(C2SCC(=O)N2Cc2ccc(F)c(F)c2)c(Cl)c1. The smallest absolute Gasteiger partial charge is 0.234 e. The zero-order valence-corrected chi connectivity index (χ0v) is 15.4. The van der Waals surface area contributed by atoms with Crippen molar-refractivity contribution < 1.29 is 13.6 Å². The van der Waals surface area contributed by atoms with Crippen LogP contribution in [0.4, 0.5) is 14.5 Å². The maximum atomic E-state index is 13.4. The van der Waals surface area contributed by atoms with E-state index in [2.05, 4.69) is 0 Å². The summed E-state index contributed by atoms with van der Waals surface area (Å²) < 4.78 is 26.6. The van der Waals surface area contributed by atoms with E-state index >= 15 is 0 Å². The van der Waals surface area contributed by atoms with Gasteiger partial charge in [-0.15, -0.1) is 11.8 Å². The number of amides is 1. The lowest BCUT2D eigenvalue weighted by Crippen LogP contribution is -2.28. The van der Waals surface area contributed by atoms with Crippen LogP contribution in [0.1, 0.15) is 16.5 Å². The summed E-state index contributed by atoms with van der Waals surface area (Å²) in [6.07, 6.45) is 0. The van der Waals surface area contributed by atoms with E-state index in [1.807, 2.05) is 37.2 Å². The number of benzene rings is 2. The fraction of sp³-hybridized carbons (Fsp3) is 0.278. The number of carbonyl (C=O) groups excluding carboxylic acids is 1. The van der Waals surface area contributed by atoms with Gasteiger partial charge in [0.2, 0.25) is 5.91 Å². The lowest BCUT2D eigenvalue weighted by atomic mass is 10.1. The molecule has 1 aliphatic rings. The molecule has 1 amide bonds. The van der Waals surface area contributed by atoms with Crippen molar-refractivity contribution in [3.63, 3.8) is 0 Å². The van der Waals surface area contributed by atoms with Gasteiger partial charge in [0.1, 0.15) is 5.37 Å². The highest BCUT2D eigenvalue weighted by Gasteiger charge is 2.34. The third kappa shape index (κ3) is 3.75. The molecular formula is C18H17ClF2N2OS. The third-order valence-corrected chi connectivity index (χ3v) is 5.64. The van der Waals surface area contributed by atoms with E-state index in [9.17, 15) is 13.6 Å². The van der Waals surface area contributed by atoms with Gasteiger partial charge in [0, 0.05) is 36.9 Å². The molecule has 2 aromatic carbocycles. The summed E-state index contributed by atoms with van der Waals surface area (Å²) in [4.78, 5) is 15.9. The van der Waals surface area contributed by atoms with Crippen LogP contribution in [0.25, 0.3) is 0 Å². The number of hydrogen-bond donors (Lipinski definition) is 0. The summed E-state index contributed by atoms with van der Waals surface area (Å²) in [5.41, 5.74) is 2.35. The molecule has 0 aromatic heterocycles. The average molecular weight is 383 g/mol. The predicted octanol–water partition coefficient (Wildman–Crippen LogP) is 4.46. The average Bonchev–Trinajstić information content (AvgIpc) is 2.91. The maximum absolute atomic E-state index is 13.4. The van der Waals surface area contributed by atoms with Crippen molar-refractivity contribution in [1.29, 1.82) is 0 Å². The minimum atomic E-state index is -0.915. The zero-order valence-electron chi connectivity index (χ0n) is 13.8. The molecule has 0 N–H and O–H groups in total. The minimum absolute atomic E-state index is 0.0486. The van der Waals surface area contributed by atoms with Crippen molar-refractivity contribution in [2.75, 3.05) is 24.7 Å². The Labute approximate surface area is 154 Å². The van der Waals surface area contributed by atoms with Crippen LogP contribution in [0.5, 0.6) is 0 Å². The molecule has 1 saturated heterocycles. The summed E-state index contributed by atoms with van der Waals surface area (Å²) in [6, 6.07) is 9.40. The summed E-state index contributed by atoms with van der Waals surface area (Å²) >= 11 is 7.91. The topological polar surface area (TPSA) is 23.6 Å². The van der Waals surface area contributed by atoms with Crippen LogP contribution in [0, 0.1) is 11.6 Å². The van der Waals surface area contributed by atoms with Gasteiger partial charge in [-0.1, -0.05) is 23.7 Å². The van der Waals surface area contributed by atoms with E-state index in [0.717, 1.165) is 23.4 Å². The quantitative estimate of drug-likeness (QED) is 0.780. The molecule has 1 aliphatic heterocycles. The standard InChI is InChI=1S/C18H17ClF2N2OS/c1-22(2)12-4-5-13(14(19)8-12)18-23(17(24)10-25-18)9-11-3-6-15(20)16(21)7-11/h3-8,18H,9-10H2,1-2H3. The molecule has 3 nitrogen and oxygen atoms in total. The maximum Gasteiger partial charge on any atom is 0.234 e. The number of nitrogens with zero attached hydrogens (tertiary/aromatic N) is 2. The molecule has 0 radical (unpaired) electrons. The van der Waals surface area contributed by atoms with E-state index in [-0.39, 0.29) is 17.8 Å². The third-order valence-electron chi connectivity index (χ3n) is 4.07. The van der Waals surface area contributed by atoms with Crippen molar-refractivity contribution >= 4 is 35.0 Å². The summed E-state index contributed by atoms with van der Waals surface area (Å²) in [7, 11) is 3.85. The molecule has 132 valence electrons. The minimum Gasteiger partial charge on any atom is -0.378 e. The molecule has 1 heterocycles. The van der Waals surface area contributed by atoms with Crippen molar-refractivity contribution in [3.05, 3.63) is 64.2 Å². The molecule has 0 aliphatic carbocycles. The molecule has 0 saturated carbocycles. The number of rotatable bonds is 4. The highest BCUT2D eigenvalue weighted by molar-refractivity contribution is 8.00. The van der Waals surface area contributed by atoms with Crippen LogP contribution >= 0.6 is 23.4 Å². The normalized spacial score (nSPS) is 17.2. The number of thioether (sulfide) groups is 1. The van der Waals surface area contributed by atoms with Crippen molar-refractivity contribution in [3.8, 4) is 0 Å². The second-order valence-corrected chi connectivity index (χ2v) is 7.51. The number of anilines is 1. The first-order chi connectivity index (χ1) is 11.9. The lowest BCUT2D eigenvalue weighted by molar-refractivity contribution is -0.128. The van der Waals surface area contributed by atoms with Gasteiger partial charge >= 0.3 is 0 Å². The lowest BCUT2D eigenvalue weighted by Gasteiger charge is -2.26. The Morgan fingerprint density at radius 2 is 1.96 bits per heavy atom. The van der Waals surface area contributed by atoms with Crippen LogP contribution in [0.3, 0.4) is 0 Å². The summed E-state index contributed by atoms with van der Waals surface area (Å²) in [6.45, 7) is 0.208. The van der Waals surface area contributed by atoms with E-state index < -0.39 is 11.6 Å². The fourth-order valence-corrected chi connectivity index (χ4v) is 4.28. The number of carbonyl (C=O) groups is 1. The van der Waals surface area contributed by atoms with E-state index in [4.69, 9.17) is 11.6 Å². The molecule has 0 spiro atoms. The fourth-order valence-electron chi connectivity index (χ4n) is 2.71. The molecule has 1 fully saturated rings. The van der Waals surface area contributed by atoms with Gasteiger partial charge in [-0.25, -0.2) is 8.78 Å². The van der Waals surface area contributed by atoms with Gasteiger partial charge in [0.25, 0.3) is 0 Å². The van der Waals surface area contributed by atoms with Crippen molar-refractivity contribution in [1.82, 2.24) is 4.90 Å². The van der Waals surface area contributed by atoms with Crippen LogP contribution in [0.15, 0.2) is 36.4 Å². The molecule has 3 rings (SSSR count). The largest absolute Gasteiger partial charge is 0.378 e. The van der Waals surface area contributed by atoms with Gasteiger partial charge in [-0.2, -0.15) is 0 Å². The Bertz CT molecular complexity index is 816. The first-order valence-electron chi connectivity index (χ1n) is 7.68.